The molecular weight excluding hydrogens is 284 g/mol. The predicted octanol–water partition coefficient (Wildman–Crippen LogP) is 4.47. The Balaban J connectivity index is 2.18. The first-order valence-corrected chi connectivity index (χ1v) is 8.16. The highest BCUT2D eigenvalue weighted by Crippen LogP contribution is 2.35. The van der Waals surface area contributed by atoms with Crippen molar-refractivity contribution in [2.75, 3.05) is 11.9 Å². The van der Waals surface area contributed by atoms with Crippen LogP contribution in [0.2, 0.25) is 5.02 Å². The lowest BCUT2D eigenvalue weighted by Crippen LogP contribution is -2.46. The molecule has 1 amide bonds. The lowest BCUT2D eigenvalue weighted by atomic mass is 9.73. The van der Waals surface area contributed by atoms with Gasteiger partial charge in [0, 0.05) is 23.3 Å². The predicted molar refractivity (Wildman–Crippen MR) is 89.1 cm³/mol. The van der Waals surface area contributed by atoms with Gasteiger partial charge in [-0.05, 0) is 43.4 Å². The molecule has 0 radical (unpaired) electrons. The van der Waals surface area contributed by atoms with Crippen LogP contribution < -0.4 is 10.6 Å². The number of amides is 1. The maximum Gasteiger partial charge on any atom is 0.253 e. The summed E-state index contributed by atoms with van der Waals surface area (Å²) in [5.41, 5.74) is 1.63. The van der Waals surface area contributed by atoms with Crippen molar-refractivity contribution in [3.8, 4) is 0 Å². The molecule has 0 bridgehead atoms. The Morgan fingerprint density at radius 3 is 2.81 bits per heavy atom. The summed E-state index contributed by atoms with van der Waals surface area (Å²) in [7, 11) is 0. The fourth-order valence-electron chi connectivity index (χ4n) is 3.05. The molecule has 1 aromatic carbocycles. The van der Waals surface area contributed by atoms with Gasteiger partial charge in [-0.15, -0.1) is 0 Å². The molecule has 1 aliphatic rings. The monoisotopic (exact) mass is 308 g/mol. The average molecular weight is 309 g/mol. The molecule has 1 saturated carbocycles. The van der Waals surface area contributed by atoms with E-state index < -0.39 is 0 Å². The molecule has 0 aromatic heterocycles. The Bertz CT molecular complexity index is 514. The molecule has 4 heteroatoms. The summed E-state index contributed by atoms with van der Waals surface area (Å²) in [5.74, 6) is -0.0339. The molecular formula is C17H25ClN2O. The quantitative estimate of drug-likeness (QED) is 0.861. The maximum atomic E-state index is 12.6. The third-order valence-corrected chi connectivity index (χ3v) is 4.64. The van der Waals surface area contributed by atoms with Crippen molar-refractivity contribution in [3.05, 3.63) is 28.8 Å². The minimum absolute atomic E-state index is 0.0339. The Morgan fingerprint density at radius 1 is 1.38 bits per heavy atom. The van der Waals surface area contributed by atoms with Crippen LogP contribution in [-0.2, 0) is 0 Å². The summed E-state index contributed by atoms with van der Waals surface area (Å²) in [6.45, 7) is 7.26. The summed E-state index contributed by atoms with van der Waals surface area (Å²) in [6.07, 6.45) is 4.65. The van der Waals surface area contributed by atoms with E-state index >= 15 is 0 Å². The lowest BCUT2D eigenvalue weighted by molar-refractivity contribution is 0.0854. The molecule has 21 heavy (non-hydrogen) atoms. The van der Waals surface area contributed by atoms with Crippen molar-refractivity contribution in [2.45, 2.75) is 52.5 Å². The topological polar surface area (TPSA) is 41.1 Å². The molecule has 2 rings (SSSR count). The number of carbonyl (C=O) groups excluding carboxylic acids is 1. The molecule has 0 spiro atoms. The third-order valence-electron chi connectivity index (χ3n) is 4.41. The second kappa shape index (κ2) is 6.69. The van der Waals surface area contributed by atoms with Gasteiger partial charge in [0.05, 0.1) is 5.56 Å². The lowest BCUT2D eigenvalue weighted by Gasteiger charge is -2.39. The molecule has 1 atom stereocenters. The highest BCUT2D eigenvalue weighted by atomic mass is 35.5. The van der Waals surface area contributed by atoms with Crippen LogP contribution in [0.15, 0.2) is 18.2 Å². The number of carbonyl (C=O) groups is 1. The fraction of sp³-hybridized carbons (Fsp3) is 0.588. The van der Waals surface area contributed by atoms with Gasteiger partial charge in [0.1, 0.15) is 0 Å². The van der Waals surface area contributed by atoms with Crippen LogP contribution in [0.4, 0.5) is 5.69 Å². The van der Waals surface area contributed by atoms with Gasteiger partial charge in [-0.1, -0.05) is 38.3 Å². The van der Waals surface area contributed by atoms with Gasteiger partial charge >= 0.3 is 0 Å². The van der Waals surface area contributed by atoms with Crippen molar-refractivity contribution in [1.82, 2.24) is 5.32 Å². The number of nitrogens with one attached hydrogen (secondary N) is 2. The van der Waals surface area contributed by atoms with E-state index in [1.807, 2.05) is 13.0 Å². The first kappa shape index (κ1) is 16.2. The van der Waals surface area contributed by atoms with Crippen molar-refractivity contribution in [1.29, 1.82) is 0 Å². The minimum Gasteiger partial charge on any atom is -0.385 e. The number of rotatable bonds is 4. The van der Waals surface area contributed by atoms with Gasteiger partial charge < -0.3 is 10.6 Å². The van der Waals surface area contributed by atoms with Crippen LogP contribution in [0.1, 0.15) is 56.8 Å². The van der Waals surface area contributed by atoms with Crippen molar-refractivity contribution in [3.63, 3.8) is 0 Å². The molecule has 1 aromatic rings. The van der Waals surface area contributed by atoms with E-state index in [9.17, 15) is 4.79 Å². The number of halogens is 1. The highest BCUT2D eigenvalue weighted by Gasteiger charge is 2.33. The van der Waals surface area contributed by atoms with Crippen LogP contribution in [-0.4, -0.2) is 18.5 Å². The summed E-state index contributed by atoms with van der Waals surface area (Å²) >= 11 is 6.05. The van der Waals surface area contributed by atoms with Crippen LogP contribution in [0.3, 0.4) is 0 Å². The molecule has 0 heterocycles. The Labute approximate surface area is 132 Å². The van der Waals surface area contributed by atoms with E-state index in [0.29, 0.717) is 10.6 Å². The molecule has 116 valence electrons. The van der Waals surface area contributed by atoms with E-state index in [1.54, 1.807) is 12.1 Å². The van der Waals surface area contributed by atoms with Gasteiger partial charge in [-0.2, -0.15) is 0 Å². The molecule has 1 fully saturated rings. The molecule has 0 aliphatic heterocycles. The van der Waals surface area contributed by atoms with Crippen LogP contribution in [0.5, 0.6) is 0 Å². The standard InChI is InChI=1S/C17H25ClN2O/c1-4-19-14-9-8-12(18)11-13(14)16(21)20-15-7-5-6-10-17(15,2)3/h8-9,11,15,19H,4-7,10H2,1-3H3,(H,20,21). The van der Waals surface area contributed by atoms with Gasteiger partial charge in [0.25, 0.3) is 5.91 Å². The van der Waals surface area contributed by atoms with Crippen LogP contribution >= 0.6 is 11.6 Å². The van der Waals surface area contributed by atoms with E-state index in [2.05, 4.69) is 24.5 Å². The number of hydrogen-bond donors (Lipinski definition) is 2. The molecule has 3 nitrogen and oxygen atoms in total. The average Bonchev–Trinajstić information content (AvgIpc) is 2.43. The van der Waals surface area contributed by atoms with E-state index in [4.69, 9.17) is 11.6 Å². The Kier molecular flexibility index (Phi) is 5.15. The van der Waals surface area contributed by atoms with Gasteiger partial charge in [-0.3, -0.25) is 4.79 Å². The number of benzene rings is 1. The highest BCUT2D eigenvalue weighted by molar-refractivity contribution is 6.31. The van der Waals surface area contributed by atoms with Crippen molar-refractivity contribution >= 4 is 23.2 Å². The summed E-state index contributed by atoms with van der Waals surface area (Å²) in [5, 5.41) is 7.02. The molecule has 0 saturated heterocycles. The molecule has 1 aliphatic carbocycles. The SMILES string of the molecule is CCNc1ccc(Cl)cc1C(=O)NC1CCCCC1(C)C. The first-order chi connectivity index (χ1) is 9.94. The smallest absolute Gasteiger partial charge is 0.253 e. The van der Waals surface area contributed by atoms with Gasteiger partial charge in [0.15, 0.2) is 0 Å². The van der Waals surface area contributed by atoms with Crippen LogP contribution in [0, 0.1) is 5.41 Å². The van der Waals surface area contributed by atoms with Gasteiger partial charge in [0.2, 0.25) is 0 Å². The third kappa shape index (κ3) is 3.91. The zero-order chi connectivity index (χ0) is 15.5. The van der Waals surface area contributed by atoms with E-state index in [1.165, 1.54) is 12.8 Å². The number of anilines is 1. The summed E-state index contributed by atoms with van der Waals surface area (Å²) in [4.78, 5) is 12.6. The second-order valence-corrected chi connectivity index (χ2v) is 6.92. The summed E-state index contributed by atoms with van der Waals surface area (Å²) < 4.78 is 0. The minimum atomic E-state index is -0.0339. The Hall–Kier alpha value is -1.22. The van der Waals surface area contributed by atoms with Gasteiger partial charge in [-0.25, -0.2) is 0 Å². The molecule has 1 unspecified atom stereocenters. The zero-order valence-corrected chi connectivity index (χ0v) is 13.9. The maximum absolute atomic E-state index is 12.6. The van der Waals surface area contributed by atoms with E-state index in [-0.39, 0.29) is 17.4 Å². The zero-order valence-electron chi connectivity index (χ0n) is 13.1. The molecule has 2 N–H and O–H groups in total. The Morgan fingerprint density at radius 2 is 2.14 bits per heavy atom. The van der Waals surface area contributed by atoms with Crippen LogP contribution in [0.25, 0.3) is 0 Å². The fourth-order valence-corrected chi connectivity index (χ4v) is 3.22. The normalized spacial score (nSPS) is 20.9. The summed E-state index contributed by atoms with van der Waals surface area (Å²) in [6, 6.07) is 5.64. The van der Waals surface area contributed by atoms with Crippen molar-refractivity contribution in [2.24, 2.45) is 5.41 Å². The number of hydrogen-bond acceptors (Lipinski definition) is 2. The first-order valence-electron chi connectivity index (χ1n) is 7.78. The second-order valence-electron chi connectivity index (χ2n) is 6.48. The van der Waals surface area contributed by atoms with E-state index in [0.717, 1.165) is 25.1 Å². The largest absolute Gasteiger partial charge is 0.385 e. The van der Waals surface area contributed by atoms with Crippen molar-refractivity contribution < 1.29 is 4.79 Å².